The van der Waals surface area contributed by atoms with Crippen LogP contribution < -0.4 is 0 Å². The van der Waals surface area contributed by atoms with Crippen molar-refractivity contribution in [2.75, 3.05) is 0 Å². The van der Waals surface area contributed by atoms with Crippen LogP contribution in [0.25, 0.3) is 0 Å². The third-order valence-corrected chi connectivity index (χ3v) is 7.26. The summed E-state index contributed by atoms with van der Waals surface area (Å²) < 4.78 is 0. The average molecular weight is 539 g/mol. The van der Waals surface area contributed by atoms with Crippen LogP contribution in [0.15, 0.2) is 60.8 Å². The van der Waals surface area contributed by atoms with E-state index in [1.807, 2.05) is 0 Å². The number of hydrogen-bond donors (Lipinski definition) is 0. The molecule has 0 bridgehead atoms. The highest BCUT2D eigenvalue weighted by molar-refractivity contribution is 5.78. The Morgan fingerprint density at radius 1 is 0.359 bits per heavy atom. The van der Waals surface area contributed by atoms with Crippen LogP contribution in [-0.4, -0.2) is 5.78 Å². The van der Waals surface area contributed by atoms with Crippen molar-refractivity contribution < 1.29 is 4.79 Å². The molecule has 0 heterocycles. The second-order valence-electron chi connectivity index (χ2n) is 11.2. The average Bonchev–Trinajstić information content (AvgIpc) is 2.94. The Balaban J connectivity index is 3.39. The van der Waals surface area contributed by atoms with Crippen LogP contribution in [0.5, 0.6) is 0 Å². The Hall–Kier alpha value is -1.63. The summed E-state index contributed by atoms with van der Waals surface area (Å²) >= 11 is 0. The van der Waals surface area contributed by atoms with Crippen molar-refractivity contribution in [2.24, 2.45) is 0 Å². The highest BCUT2D eigenvalue weighted by Crippen LogP contribution is 2.12. The van der Waals surface area contributed by atoms with Crippen molar-refractivity contribution in [2.45, 2.75) is 174 Å². The van der Waals surface area contributed by atoms with Crippen LogP contribution in [0.4, 0.5) is 0 Å². The van der Waals surface area contributed by atoms with Gasteiger partial charge in [0.05, 0.1) is 0 Å². The predicted molar refractivity (Wildman–Crippen MR) is 177 cm³/mol. The molecule has 39 heavy (non-hydrogen) atoms. The van der Waals surface area contributed by atoms with Gasteiger partial charge in [-0.05, 0) is 70.6 Å². The largest absolute Gasteiger partial charge is 0.300 e. The van der Waals surface area contributed by atoms with Gasteiger partial charge in [0.15, 0.2) is 0 Å². The van der Waals surface area contributed by atoms with Gasteiger partial charge in [-0.3, -0.25) is 4.79 Å². The van der Waals surface area contributed by atoms with Crippen LogP contribution in [-0.2, 0) is 4.79 Å². The zero-order chi connectivity index (χ0) is 28.3. The molecule has 224 valence electrons. The third kappa shape index (κ3) is 34.3. The normalized spacial score (nSPS) is 12.5. The lowest BCUT2D eigenvalue weighted by atomic mass is 10.0. The molecule has 0 amide bonds. The molecule has 0 radical (unpaired) electrons. The molecule has 0 saturated carbocycles. The summed E-state index contributed by atoms with van der Waals surface area (Å²) in [6, 6.07) is 0. The molecule has 0 aliphatic rings. The van der Waals surface area contributed by atoms with E-state index in [1.165, 1.54) is 116 Å². The summed E-state index contributed by atoms with van der Waals surface area (Å²) in [5.74, 6) is 0.437. The van der Waals surface area contributed by atoms with E-state index in [-0.39, 0.29) is 0 Å². The molecular formula is C38H66O. The van der Waals surface area contributed by atoms with Crippen molar-refractivity contribution in [3.63, 3.8) is 0 Å². The first kappa shape index (κ1) is 37.4. The first-order chi connectivity index (χ1) is 19.3. The quantitative estimate of drug-likeness (QED) is 0.0656. The molecule has 0 aliphatic heterocycles. The minimum absolute atomic E-state index is 0.437. The molecular weight excluding hydrogens is 472 g/mol. The van der Waals surface area contributed by atoms with E-state index in [4.69, 9.17) is 0 Å². The van der Waals surface area contributed by atoms with Gasteiger partial charge in [-0.15, -0.1) is 0 Å². The van der Waals surface area contributed by atoms with Crippen molar-refractivity contribution in [1.82, 2.24) is 0 Å². The molecule has 0 fully saturated rings. The van der Waals surface area contributed by atoms with Gasteiger partial charge in [-0.2, -0.15) is 0 Å². The first-order valence-electron chi connectivity index (χ1n) is 17.1. The van der Waals surface area contributed by atoms with Crippen LogP contribution in [0, 0.1) is 0 Å². The number of carbonyl (C=O) groups is 1. The highest BCUT2D eigenvalue weighted by atomic mass is 16.1. The molecule has 0 saturated heterocycles. The standard InChI is InChI=1S/C38H66O/c1-3-5-7-9-11-13-15-17-19-21-23-25-27-29-31-33-35-37-38(39)36-34-32-30-28-26-24-22-20-18-16-14-12-10-8-6-4-2/h12,14,17-20,24,26,30,32H,3-11,13,15-16,21-23,25,27-29,31,33-37H2,1-2H3/b14-12-,19-17?,20-18-,26-24-,32-30-. The third-order valence-electron chi connectivity index (χ3n) is 7.26. The zero-order valence-corrected chi connectivity index (χ0v) is 26.4. The Morgan fingerprint density at radius 2 is 0.692 bits per heavy atom. The van der Waals surface area contributed by atoms with E-state index >= 15 is 0 Å². The number of allylic oxidation sites excluding steroid dienone is 10. The van der Waals surface area contributed by atoms with E-state index in [0.717, 1.165) is 38.5 Å². The van der Waals surface area contributed by atoms with Crippen molar-refractivity contribution in [3.05, 3.63) is 60.8 Å². The minimum atomic E-state index is 0.437. The SMILES string of the molecule is CCCCC/C=C\C/C=C\C/C=C\C/C=C\CCC(=O)CCCCCCCCCC=CCCCCCCCC. The van der Waals surface area contributed by atoms with E-state index in [0.29, 0.717) is 12.2 Å². The smallest absolute Gasteiger partial charge is 0.133 e. The molecule has 1 nitrogen and oxygen atoms in total. The van der Waals surface area contributed by atoms with Gasteiger partial charge < -0.3 is 0 Å². The van der Waals surface area contributed by atoms with Gasteiger partial charge in [-0.25, -0.2) is 0 Å². The fraction of sp³-hybridized carbons (Fsp3) is 0.711. The van der Waals surface area contributed by atoms with Crippen LogP contribution in [0.1, 0.15) is 174 Å². The fourth-order valence-corrected chi connectivity index (χ4v) is 4.68. The van der Waals surface area contributed by atoms with Crippen molar-refractivity contribution >= 4 is 5.78 Å². The summed E-state index contributed by atoms with van der Waals surface area (Å²) in [7, 11) is 0. The summed E-state index contributed by atoms with van der Waals surface area (Å²) in [6.45, 7) is 4.53. The number of unbranched alkanes of at least 4 members (excludes halogenated alkanes) is 16. The van der Waals surface area contributed by atoms with Crippen LogP contribution in [0.3, 0.4) is 0 Å². The molecule has 0 unspecified atom stereocenters. The highest BCUT2D eigenvalue weighted by Gasteiger charge is 2.00. The number of hydrogen-bond acceptors (Lipinski definition) is 1. The fourth-order valence-electron chi connectivity index (χ4n) is 4.68. The van der Waals surface area contributed by atoms with Gasteiger partial charge in [-0.1, -0.05) is 152 Å². The zero-order valence-electron chi connectivity index (χ0n) is 26.4. The number of Topliss-reactive ketones (excluding diaryl/α,β-unsaturated/α-hetero) is 1. The van der Waals surface area contributed by atoms with E-state index in [9.17, 15) is 4.79 Å². The molecule has 0 spiro atoms. The van der Waals surface area contributed by atoms with Crippen molar-refractivity contribution in [3.8, 4) is 0 Å². The molecule has 1 heteroatoms. The molecule has 0 aromatic rings. The van der Waals surface area contributed by atoms with Gasteiger partial charge in [0.1, 0.15) is 5.78 Å². The van der Waals surface area contributed by atoms with E-state index < -0.39 is 0 Å². The van der Waals surface area contributed by atoms with E-state index in [1.54, 1.807) is 0 Å². The first-order valence-corrected chi connectivity index (χ1v) is 17.1. The van der Waals surface area contributed by atoms with Gasteiger partial charge in [0, 0.05) is 12.8 Å². The predicted octanol–water partition coefficient (Wildman–Crippen LogP) is 13.1. The lowest BCUT2D eigenvalue weighted by molar-refractivity contribution is -0.119. The van der Waals surface area contributed by atoms with Crippen LogP contribution >= 0.6 is 0 Å². The number of rotatable bonds is 30. The number of ketones is 1. The lowest BCUT2D eigenvalue weighted by Crippen LogP contribution is -1.96. The summed E-state index contributed by atoms with van der Waals surface area (Å²) in [5.41, 5.74) is 0. The maximum absolute atomic E-state index is 12.1. The Labute approximate surface area is 245 Å². The number of carbonyl (C=O) groups excluding carboxylic acids is 1. The molecule has 0 rings (SSSR count). The molecule has 0 aromatic heterocycles. The summed E-state index contributed by atoms with van der Waals surface area (Å²) in [6.07, 6.45) is 53.1. The Morgan fingerprint density at radius 3 is 1.21 bits per heavy atom. The van der Waals surface area contributed by atoms with Gasteiger partial charge in [0.2, 0.25) is 0 Å². The van der Waals surface area contributed by atoms with Gasteiger partial charge in [0.25, 0.3) is 0 Å². The minimum Gasteiger partial charge on any atom is -0.300 e. The maximum Gasteiger partial charge on any atom is 0.133 e. The maximum atomic E-state index is 12.1. The second kappa shape index (κ2) is 34.4. The monoisotopic (exact) mass is 539 g/mol. The molecule has 0 N–H and O–H groups in total. The Kier molecular flexibility index (Phi) is 33.0. The second-order valence-corrected chi connectivity index (χ2v) is 11.2. The topological polar surface area (TPSA) is 17.1 Å². The van der Waals surface area contributed by atoms with E-state index in [2.05, 4.69) is 74.6 Å². The van der Waals surface area contributed by atoms with Crippen LogP contribution in [0.2, 0.25) is 0 Å². The van der Waals surface area contributed by atoms with Gasteiger partial charge >= 0.3 is 0 Å². The van der Waals surface area contributed by atoms with Crippen molar-refractivity contribution in [1.29, 1.82) is 0 Å². The lowest BCUT2D eigenvalue weighted by Gasteiger charge is -2.02. The molecule has 0 atom stereocenters. The molecule has 0 aromatic carbocycles. The molecule has 0 aliphatic carbocycles. The summed E-state index contributed by atoms with van der Waals surface area (Å²) in [4.78, 5) is 12.1. The Bertz CT molecular complexity index is 633. The summed E-state index contributed by atoms with van der Waals surface area (Å²) in [5, 5.41) is 0.